The van der Waals surface area contributed by atoms with E-state index in [1.165, 1.54) is 20.0 Å². The van der Waals surface area contributed by atoms with Gasteiger partial charge >= 0.3 is 0 Å². The van der Waals surface area contributed by atoms with Crippen molar-refractivity contribution in [1.82, 2.24) is 15.3 Å². The number of anilines is 3. The Kier molecular flexibility index (Phi) is 7.66. The average Bonchev–Trinajstić information content (AvgIpc) is 3.33. The van der Waals surface area contributed by atoms with Crippen LogP contribution in [0.3, 0.4) is 0 Å². The van der Waals surface area contributed by atoms with Crippen molar-refractivity contribution in [3.05, 3.63) is 71.4 Å². The molecule has 10 heteroatoms. The van der Waals surface area contributed by atoms with E-state index in [-0.39, 0.29) is 12.1 Å². The molecule has 0 saturated heterocycles. The number of amides is 1. The number of rotatable bonds is 10. The van der Waals surface area contributed by atoms with E-state index < -0.39 is 17.7 Å². The van der Waals surface area contributed by atoms with Gasteiger partial charge < -0.3 is 25.8 Å². The number of thiazole rings is 1. The Balaban J connectivity index is 1.55. The molecule has 0 radical (unpaired) electrons. The molecule has 1 atom stereocenters. The number of nitrogens with one attached hydrogen (secondary N) is 3. The highest BCUT2D eigenvalue weighted by Crippen LogP contribution is 2.26. The van der Waals surface area contributed by atoms with Gasteiger partial charge in [-0.3, -0.25) is 4.79 Å². The second-order valence-corrected chi connectivity index (χ2v) is 9.69. The minimum absolute atomic E-state index is 0.259. The van der Waals surface area contributed by atoms with Gasteiger partial charge in [-0.1, -0.05) is 12.1 Å². The topological polar surface area (TPSA) is 108 Å². The Morgan fingerprint density at radius 2 is 1.94 bits per heavy atom. The molecule has 0 aliphatic carbocycles. The fourth-order valence-corrected chi connectivity index (χ4v) is 4.12. The summed E-state index contributed by atoms with van der Waals surface area (Å²) in [5.41, 5.74) is 3.76. The molecule has 0 bridgehead atoms. The van der Waals surface area contributed by atoms with Crippen LogP contribution in [-0.4, -0.2) is 46.4 Å². The largest absolute Gasteiger partial charge is 0.497 e. The predicted molar refractivity (Wildman–Crippen MR) is 141 cm³/mol. The zero-order chi connectivity index (χ0) is 25.7. The molecule has 1 unspecified atom stereocenters. The lowest BCUT2D eigenvalue weighted by atomic mass is 10.0. The van der Waals surface area contributed by atoms with Gasteiger partial charge in [0, 0.05) is 24.5 Å². The quantitative estimate of drug-likeness (QED) is 0.241. The lowest BCUT2D eigenvalue weighted by Gasteiger charge is -2.22. The van der Waals surface area contributed by atoms with E-state index >= 15 is 0 Å². The van der Waals surface area contributed by atoms with E-state index in [4.69, 9.17) is 4.74 Å². The SMILES string of the molecule is COc1ccc(CNc2cc(Nc3ccc4ncsc4c3)ncc2C(=O)NCC(F)C(C)(C)O)cc1. The Labute approximate surface area is 212 Å². The van der Waals surface area contributed by atoms with Crippen LogP contribution in [0.2, 0.25) is 0 Å². The molecule has 4 rings (SSSR count). The van der Waals surface area contributed by atoms with Crippen molar-refractivity contribution in [3.8, 4) is 5.75 Å². The number of hydrogen-bond donors (Lipinski definition) is 4. The van der Waals surface area contributed by atoms with Crippen LogP contribution in [0.25, 0.3) is 10.2 Å². The fraction of sp³-hybridized carbons (Fsp3) is 0.269. The molecule has 2 aromatic heterocycles. The van der Waals surface area contributed by atoms with E-state index in [1.54, 1.807) is 30.0 Å². The van der Waals surface area contributed by atoms with Crippen molar-refractivity contribution in [2.24, 2.45) is 0 Å². The zero-order valence-corrected chi connectivity index (χ0v) is 21.0. The molecule has 2 aromatic carbocycles. The van der Waals surface area contributed by atoms with Crippen molar-refractivity contribution in [1.29, 1.82) is 0 Å². The van der Waals surface area contributed by atoms with Crippen molar-refractivity contribution in [3.63, 3.8) is 0 Å². The van der Waals surface area contributed by atoms with Crippen LogP contribution in [0.5, 0.6) is 5.75 Å². The molecule has 8 nitrogen and oxygen atoms in total. The second kappa shape index (κ2) is 10.9. The molecule has 0 aliphatic heterocycles. The monoisotopic (exact) mass is 509 g/mol. The van der Waals surface area contributed by atoms with Gasteiger partial charge in [0.25, 0.3) is 5.91 Å². The lowest BCUT2D eigenvalue weighted by Crippen LogP contribution is -2.42. The number of alkyl halides is 1. The van der Waals surface area contributed by atoms with Crippen molar-refractivity contribution >= 4 is 44.7 Å². The van der Waals surface area contributed by atoms with Crippen LogP contribution in [-0.2, 0) is 6.54 Å². The van der Waals surface area contributed by atoms with Gasteiger partial charge in [-0.15, -0.1) is 11.3 Å². The number of pyridine rings is 1. The normalized spacial score (nSPS) is 12.2. The third-order valence-electron chi connectivity index (χ3n) is 5.60. The third-order valence-corrected chi connectivity index (χ3v) is 6.39. The number of carbonyl (C=O) groups excluding carboxylic acids is 1. The van der Waals surface area contributed by atoms with Gasteiger partial charge in [-0.25, -0.2) is 14.4 Å². The summed E-state index contributed by atoms with van der Waals surface area (Å²) in [5, 5.41) is 18.9. The Morgan fingerprint density at radius 3 is 2.67 bits per heavy atom. The number of benzene rings is 2. The van der Waals surface area contributed by atoms with Crippen molar-refractivity contribution in [2.45, 2.75) is 32.2 Å². The summed E-state index contributed by atoms with van der Waals surface area (Å²) in [4.78, 5) is 21.6. The number of aliphatic hydroxyl groups is 1. The standard InChI is InChI=1S/C26H28FN5O3S/c1-26(2,34)23(27)14-30-25(33)19-13-29-24(32-17-6-9-20-22(10-17)36-15-31-20)11-21(19)28-12-16-4-7-18(35-3)8-5-16/h4-11,13,15,23,34H,12,14H2,1-3H3,(H,30,33)(H2,28,29,32). The summed E-state index contributed by atoms with van der Waals surface area (Å²) in [5.74, 6) is 0.788. The van der Waals surface area contributed by atoms with Crippen molar-refractivity contribution < 1.29 is 19.0 Å². The molecule has 0 spiro atoms. The van der Waals surface area contributed by atoms with E-state index in [0.717, 1.165) is 27.2 Å². The molecular weight excluding hydrogens is 481 g/mol. The van der Waals surface area contributed by atoms with Gasteiger partial charge in [0.05, 0.1) is 46.2 Å². The summed E-state index contributed by atoms with van der Waals surface area (Å²) < 4.78 is 20.4. The molecule has 4 N–H and O–H groups in total. The average molecular weight is 510 g/mol. The highest BCUT2D eigenvalue weighted by molar-refractivity contribution is 7.16. The number of carbonyl (C=O) groups is 1. The molecule has 4 aromatic rings. The van der Waals surface area contributed by atoms with Crippen molar-refractivity contribution in [2.75, 3.05) is 24.3 Å². The summed E-state index contributed by atoms with van der Waals surface area (Å²) in [6.07, 6.45) is -0.177. The second-order valence-electron chi connectivity index (χ2n) is 8.81. The minimum atomic E-state index is -1.62. The summed E-state index contributed by atoms with van der Waals surface area (Å²) in [7, 11) is 1.61. The Bertz CT molecular complexity index is 1340. The molecule has 1 amide bonds. The first-order chi connectivity index (χ1) is 17.2. The minimum Gasteiger partial charge on any atom is -0.497 e. The maximum atomic E-state index is 14.2. The number of nitrogens with zero attached hydrogens (tertiary/aromatic N) is 2. The van der Waals surface area contributed by atoms with E-state index in [9.17, 15) is 14.3 Å². The molecule has 0 aliphatic rings. The van der Waals surface area contributed by atoms with E-state index in [1.807, 2.05) is 42.5 Å². The molecular formula is C26H28FN5O3S. The van der Waals surface area contributed by atoms with E-state index in [2.05, 4.69) is 25.9 Å². The predicted octanol–water partition coefficient (Wildman–Crippen LogP) is 4.89. The van der Waals surface area contributed by atoms with Gasteiger partial charge in [-0.2, -0.15) is 0 Å². The van der Waals surface area contributed by atoms with Crippen LogP contribution in [0.15, 0.2) is 60.2 Å². The lowest BCUT2D eigenvalue weighted by molar-refractivity contribution is -0.00177. The smallest absolute Gasteiger partial charge is 0.255 e. The fourth-order valence-electron chi connectivity index (χ4n) is 3.40. The number of ether oxygens (including phenoxy) is 1. The van der Waals surface area contributed by atoms with E-state index in [0.29, 0.717) is 18.1 Å². The number of halogens is 1. The third kappa shape index (κ3) is 6.27. The van der Waals surface area contributed by atoms with Crippen LogP contribution in [0, 0.1) is 0 Å². The van der Waals surface area contributed by atoms with Crippen LogP contribution in [0.4, 0.5) is 21.6 Å². The molecule has 0 saturated carbocycles. The molecule has 36 heavy (non-hydrogen) atoms. The zero-order valence-electron chi connectivity index (χ0n) is 20.2. The highest BCUT2D eigenvalue weighted by atomic mass is 32.1. The van der Waals surface area contributed by atoms with Crippen LogP contribution in [0.1, 0.15) is 29.8 Å². The van der Waals surface area contributed by atoms with Gasteiger partial charge in [0.1, 0.15) is 17.7 Å². The van der Waals surface area contributed by atoms with Gasteiger partial charge in [0.15, 0.2) is 0 Å². The molecule has 188 valence electrons. The number of fused-ring (bicyclic) bond motifs is 1. The number of methoxy groups -OCH3 is 1. The number of hydrogen-bond acceptors (Lipinski definition) is 8. The van der Waals surface area contributed by atoms with Gasteiger partial charge in [0.2, 0.25) is 0 Å². The summed E-state index contributed by atoms with van der Waals surface area (Å²) >= 11 is 1.55. The maximum Gasteiger partial charge on any atom is 0.255 e. The van der Waals surface area contributed by atoms with Gasteiger partial charge in [-0.05, 0) is 49.7 Å². The first-order valence-electron chi connectivity index (χ1n) is 11.3. The summed E-state index contributed by atoms with van der Waals surface area (Å²) in [6, 6.07) is 15.1. The molecule has 0 fully saturated rings. The number of aromatic nitrogens is 2. The Hall–Kier alpha value is -3.76. The highest BCUT2D eigenvalue weighted by Gasteiger charge is 2.27. The molecule has 2 heterocycles. The maximum absolute atomic E-state index is 14.2. The Morgan fingerprint density at radius 1 is 1.17 bits per heavy atom. The van der Waals surface area contributed by atoms with Crippen LogP contribution >= 0.6 is 11.3 Å². The summed E-state index contributed by atoms with van der Waals surface area (Å²) in [6.45, 7) is 2.83. The first kappa shape index (κ1) is 25.3. The first-order valence-corrected chi connectivity index (χ1v) is 12.2. The van der Waals surface area contributed by atoms with Crippen LogP contribution < -0.4 is 20.7 Å².